The van der Waals surface area contributed by atoms with E-state index in [0.717, 1.165) is 22.3 Å². The van der Waals surface area contributed by atoms with E-state index in [1.54, 1.807) is 0 Å². The summed E-state index contributed by atoms with van der Waals surface area (Å²) < 4.78 is 37.3. The molecule has 4 aromatic carbocycles. The second-order valence-corrected chi connectivity index (χ2v) is 8.42. The van der Waals surface area contributed by atoms with Crippen LogP contribution in [0.5, 0.6) is 23.0 Å². The van der Waals surface area contributed by atoms with E-state index in [1.165, 1.54) is 0 Å². The second kappa shape index (κ2) is 7.88. The highest BCUT2D eigenvalue weighted by Crippen LogP contribution is 2.52. The van der Waals surface area contributed by atoms with Crippen LogP contribution in [0.1, 0.15) is 34.5 Å². The molecule has 32 heavy (non-hydrogen) atoms. The molecule has 0 bridgehead atoms. The molecule has 156 valence electrons. The maximum Gasteiger partial charge on any atom is 0.699 e. The Morgan fingerprint density at radius 1 is 0.500 bits per heavy atom. The van der Waals surface area contributed by atoms with E-state index in [2.05, 4.69) is 0 Å². The third-order valence-corrected chi connectivity index (χ3v) is 6.39. The van der Waals surface area contributed by atoms with Crippen molar-refractivity contribution in [2.45, 2.75) is 12.2 Å². The van der Waals surface area contributed by atoms with Crippen molar-refractivity contribution in [3.63, 3.8) is 0 Å². The highest BCUT2D eigenvalue weighted by Gasteiger charge is 2.41. The Labute approximate surface area is 186 Å². The van der Waals surface area contributed by atoms with E-state index in [0.29, 0.717) is 23.0 Å². The zero-order valence-corrected chi connectivity index (χ0v) is 17.8. The summed E-state index contributed by atoms with van der Waals surface area (Å²) in [6, 6.07) is 30.4. The van der Waals surface area contributed by atoms with Gasteiger partial charge in [-0.15, -0.1) is 9.05 Å². The van der Waals surface area contributed by atoms with Gasteiger partial charge in [0.05, 0.1) is 0 Å². The molecule has 0 atom stereocenters. The fraction of sp³-hybridized carbons (Fsp3) is 0.0769. The van der Waals surface area contributed by atoms with Crippen molar-refractivity contribution < 1.29 is 23.1 Å². The lowest BCUT2D eigenvalue weighted by Crippen LogP contribution is -2.13. The Kier molecular flexibility index (Phi) is 4.73. The third-order valence-electron chi connectivity index (χ3n) is 5.63. The molecule has 0 spiro atoms. The summed E-state index contributed by atoms with van der Waals surface area (Å²) in [5.41, 5.74) is 3.24. The minimum absolute atomic E-state index is 0.565. The molecule has 0 aromatic heterocycles. The number of para-hydroxylation sites is 4. The van der Waals surface area contributed by atoms with Crippen LogP contribution in [0, 0.1) is 0 Å². The Morgan fingerprint density at radius 3 is 1.09 bits per heavy atom. The van der Waals surface area contributed by atoms with E-state index < -0.39 is 20.5 Å². The summed E-state index contributed by atoms with van der Waals surface area (Å²) >= 11 is 0. The molecule has 4 aromatic rings. The minimum Gasteiger partial charge on any atom is -0.457 e. The molecule has 0 unspecified atom stereocenters. The van der Waals surface area contributed by atoms with E-state index in [9.17, 15) is 4.57 Å². The van der Waals surface area contributed by atoms with Crippen LogP contribution in [0.15, 0.2) is 97.1 Å². The molecule has 0 saturated heterocycles. The van der Waals surface area contributed by atoms with Crippen molar-refractivity contribution in [1.82, 2.24) is 0 Å². The molecule has 2 aliphatic heterocycles. The maximum atomic E-state index is 13.2. The molecular weight excluding hydrogens is 423 g/mol. The van der Waals surface area contributed by atoms with Gasteiger partial charge in [0.15, 0.2) is 12.2 Å². The summed E-state index contributed by atoms with van der Waals surface area (Å²) in [6.07, 6.45) is -1.13. The van der Waals surface area contributed by atoms with E-state index in [-0.39, 0.29) is 0 Å². The van der Waals surface area contributed by atoms with Crippen LogP contribution >= 0.6 is 8.25 Å². The average Bonchev–Trinajstić information content (AvgIpc) is 2.84. The fourth-order valence-electron chi connectivity index (χ4n) is 4.16. The van der Waals surface area contributed by atoms with Gasteiger partial charge in [0.1, 0.15) is 23.0 Å². The van der Waals surface area contributed by atoms with Gasteiger partial charge in [-0.25, -0.2) is 0 Å². The van der Waals surface area contributed by atoms with Gasteiger partial charge in [-0.1, -0.05) is 72.8 Å². The molecule has 0 N–H and O–H groups in total. The highest BCUT2D eigenvalue weighted by atomic mass is 31.1. The number of fused-ring (bicyclic) bond motifs is 4. The van der Waals surface area contributed by atoms with Crippen LogP contribution in [0.3, 0.4) is 0 Å². The number of benzene rings is 4. The van der Waals surface area contributed by atoms with Crippen LogP contribution in [0.25, 0.3) is 0 Å². The van der Waals surface area contributed by atoms with Gasteiger partial charge in [0, 0.05) is 26.8 Å². The lowest BCUT2D eigenvalue weighted by Gasteiger charge is -2.25. The van der Waals surface area contributed by atoms with Gasteiger partial charge in [0.2, 0.25) is 0 Å². The van der Waals surface area contributed by atoms with E-state index in [4.69, 9.17) is 18.5 Å². The van der Waals surface area contributed by atoms with E-state index in [1.807, 2.05) is 97.1 Å². The molecule has 6 rings (SSSR count). The fourth-order valence-corrected chi connectivity index (χ4v) is 5.00. The van der Waals surface area contributed by atoms with Crippen LogP contribution in [0.2, 0.25) is 0 Å². The zero-order chi connectivity index (χ0) is 21.5. The molecule has 0 amide bonds. The number of hydrogen-bond acceptors (Lipinski definition) is 5. The molecule has 6 heteroatoms. The van der Waals surface area contributed by atoms with Crippen LogP contribution < -0.4 is 9.47 Å². The van der Waals surface area contributed by atoms with Gasteiger partial charge >= 0.3 is 8.25 Å². The predicted octanol–water partition coefficient (Wildman–Crippen LogP) is 7.47. The van der Waals surface area contributed by atoms with Gasteiger partial charge in [0.25, 0.3) is 0 Å². The number of hydrogen-bond donors (Lipinski definition) is 0. The van der Waals surface area contributed by atoms with Crippen molar-refractivity contribution in [3.8, 4) is 23.0 Å². The Hall–Kier alpha value is -3.50. The van der Waals surface area contributed by atoms with Crippen LogP contribution in [-0.2, 0) is 13.6 Å². The standard InChI is InChI=1S/C26H18O5P/c27-32(30-25-17-9-1-5-13-21(17)28-22-14-6-2-10-18(22)25)31-26-19-11-3-7-15-23(19)29-24-16-8-4-12-20(24)26/h1-16,25-26H/q+1. The summed E-state index contributed by atoms with van der Waals surface area (Å²) in [7, 11) is -2.49. The van der Waals surface area contributed by atoms with Crippen molar-refractivity contribution in [1.29, 1.82) is 0 Å². The first-order chi connectivity index (χ1) is 15.8. The Balaban J connectivity index is 1.34. The largest absolute Gasteiger partial charge is 0.699 e. The lowest BCUT2D eigenvalue weighted by molar-refractivity contribution is 0.152. The van der Waals surface area contributed by atoms with Gasteiger partial charge in [-0.3, -0.25) is 0 Å². The third kappa shape index (κ3) is 3.28. The molecule has 0 fully saturated rings. The van der Waals surface area contributed by atoms with Crippen LogP contribution in [0.4, 0.5) is 0 Å². The first-order valence-corrected chi connectivity index (χ1v) is 11.4. The molecule has 0 radical (unpaired) electrons. The predicted molar refractivity (Wildman–Crippen MR) is 119 cm³/mol. The lowest BCUT2D eigenvalue weighted by atomic mass is 9.97. The molecule has 0 saturated carbocycles. The Morgan fingerprint density at radius 2 is 0.781 bits per heavy atom. The molecule has 5 nitrogen and oxygen atoms in total. The molecule has 0 aliphatic carbocycles. The first-order valence-electron chi connectivity index (χ1n) is 10.3. The monoisotopic (exact) mass is 441 g/mol. The van der Waals surface area contributed by atoms with Gasteiger partial charge < -0.3 is 9.47 Å². The summed E-state index contributed by atoms with van der Waals surface area (Å²) in [5.74, 6) is 2.73. The quantitative estimate of drug-likeness (QED) is 0.308. The maximum absolute atomic E-state index is 13.2. The van der Waals surface area contributed by atoms with Gasteiger partial charge in [-0.05, 0) is 24.3 Å². The minimum atomic E-state index is -2.49. The highest BCUT2D eigenvalue weighted by molar-refractivity contribution is 7.33. The van der Waals surface area contributed by atoms with Crippen molar-refractivity contribution in [2.75, 3.05) is 0 Å². The van der Waals surface area contributed by atoms with Crippen molar-refractivity contribution >= 4 is 8.25 Å². The summed E-state index contributed by atoms with van der Waals surface area (Å²) in [5, 5.41) is 0. The van der Waals surface area contributed by atoms with Crippen molar-refractivity contribution in [3.05, 3.63) is 119 Å². The molecular formula is C26H18O5P+. The topological polar surface area (TPSA) is 54.0 Å². The summed E-state index contributed by atoms with van der Waals surface area (Å²) in [4.78, 5) is 0. The SMILES string of the molecule is O=[P+](OC1c2ccccc2Oc2ccccc21)OC1c2ccccc2Oc2ccccc21. The molecule has 2 aliphatic rings. The number of rotatable bonds is 4. The van der Waals surface area contributed by atoms with Crippen molar-refractivity contribution in [2.24, 2.45) is 0 Å². The molecule has 2 heterocycles. The smallest absolute Gasteiger partial charge is 0.457 e. The average molecular weight is 441 g/mol. The van der Waals surface area contributed by atoms with Crippen LogP contribution in [-0.4, -0.2) is 0 Å². The second-order valence-electron chi connectivity index (χ2n) is 7.55. The van der Waals surface area contributed by atoms with E-state index >= 15 is 0 Å². The normalized spacial score (nSPS) is 14.2. The summed E-state index contributed by atoms with van der Waals surface area (Å²) in [6.45, 7) is 0. The Bertz CT molecular complexity index is 1140. The number of ether oxygens (including phenoxy) is 2. The zero-order valence-electron chi connectivity index (χ0n) is 16.9. The first kappa shape index (κ1) is 19.2. The van der Waals surface area contributed by atoms with Gasteiger partial charge in [-0.2, -0.15) is 0 Å².